The fourth-order valence-corrected chi connectivity index (χ4v) is 4.97. The van der Waals surface area contributed by atoms with Crippen molar-refractivity contribution in [3.8, 4) is 0 Å². The van der Waals surface area contributed by atoms with Crippen LogP contribution in [0, 0.1) is 0 Å². The number of nitrogens with two attached hydrogens (primary N) is 1. The second-order valence-corrected chi connectivity index (χ2v) is 9.58. The third-order valence-electron chi connectivity index (χ3n) is 6.11. The summed E-state index contributed by atoms with van der Waals surface area (Å²) in [6.45, 7) is 0.236. The summed E-state index contributed by atoms with van der Waals surface area (Å²) < 4.78 is 1.68. The Kier molecular flexibility index (Phi) is 7.74. The number of carbonyl (C=O) groups excluding carboxylic acids is 4. The number of thiophene rings is 1. The van der Waals surface area contributed by atoms with E-state index >= 15 is 0 Å². The van der Waals surface area contributed by atoms with Gasteiger partial charge in [-0.2, -0.15) is 0 Å². The maximum Gasteiger partial charge on any atom is 0.271 e. The average molecular weight is 510 g/mol. The molecular formula is C24H27N7O4S. The first-order valence-corrected chi connectivity index (χ1v) is 12.3. The fraction of sp³-hybridized carbons (Fsp3) is 0.333. The maximum absolute atomic E-state index is 13.5. The number of aromatic nitrogens is 3. The molecule has 0 bridgehead atoms. The zero-order valence-corrected chi connectivity index (χ0v) is 20.5. The predicted octanol–water partition coefficient (Wildman–Crippen LogP) is 0.493. The van der Waals surface area contributed by atoms with Crippen molar-refractivity contribution in [2.75, 3.05) is 6.54 Å². The molecule has 188 valence electrons. The standard InChI is InChI=1S/C24H27N7O4S/c1-30-9-2-5-19(30)24(35)31-10-6-15(28-22(33)18-14-26-7-8-27-18)12-20(31)23(34)29-17(21(25)32)13-16-4-3-11-36-16/h2-5,7-9,11,14-15,17,20H,6,10,12-13H2,1H3,(H2,25,32)(H,28,33)(H,29,34). The van der Waals surface area contributed by atoms with Crippen LogP contribution >= 0.6 is 11.3 Å². The molecule has 0 aromatic carbocycles. The molecule has 3 aromatic heterocycles. The minimum Gasteiger partial charge on any atom is -0.368 e. The number of aryl methyl sites for hydroxylation is 1. The Bertz CT molecular complexity index is 1230. The normalized spacial score (nSPS) is 18.3. The van der Waals surface area contributed by atoms with Crippen molar-refractivity contribution in [3.63, 3.8) is 0 Å². The molecule has 1 aliphatic rings. The summed E-state index contributed by atoms with van der Waals surface area (Å²) in [5.74, 6) is -1.89. The van der Waals surface area contributed by atoms with Crippen molar-refractivity contribution in [3.05, 3.63) is 70.7 Å². The van der Waals surface area contributed by atoms with Crippen LogP contribution in [0.5, 0.6) is 0 Å². The molecule has 0 saturated carbocycles. The molecule has 4 N–H and O–H groups in total. The van der Waals surface area contributed by atoms with E-state index in [0.717, 1.165) is 4.88 Å². The average Bonchev–Trinajstić information content (AvgIpc) is 3.55. The van der Waals surface area contributed by atoms with Crippen LogP contribution in [-0.4, -0.2) is 67.7 Å². The number of primary amides is 1. The van der Waals surface area contributed by atoms with E-state index in [1.807, 2.05) is 17.5 Å². The van der Waals surface area contributed by atoms with Crippen LogP contribution in [-0.2, 0) is 23.1 Å². The number of carbonyl (C=O) groups is 4. The van der Waals surface area contributed by atoms with Gasteiger partial charge >= 0.3 is 0 Å². The van der Waals surface area contributed by atoms with Gasteiger partial charge in [0, 0.05) is 49.5 Å². The van der Waals surface area contributed by atoms with Crippen LogP contribution in [0.25, 0.3) is 0 Å². The highest BCUT2D eigenvalue weighted by molar-refractivity contribution is 7.09. The lowest BCUT2D eigenvalue weighted by atomic mass is 9.95. The summed E-state index contributed by atoms with van der Waals surface area (Å²) in [7, 11) is 1.75. The number of likely N-dealkylation sites (tertiary alicyclic amines) is 1. The van der Waals surface area contributed by atoms with Crippen molar-refractivity contribution >= 4 is 35.0 Å². The molecule has 0 radical (unpaired) electrons. The highest BCUT2D eigenvalue weighted by Gasteiger charge is 2.39. The van der Waals surface area contributed by atoms with Gasteiger partial charge < -0.3 is 25.8 Å². The minimum absolute atomic E-state index is 0.158. The molecule has 3 aromatic rings. The van der Waals surface area contributed by atoms with Gasteiger partial charge in [-0.15, -0.1) is 11.3 Å². The molecule has 1 aliphatic heterocycles. The van der Waals surface area contributed by atoms with Crippen LogP contribution < -0.4 is 16.4 Å². The Morgan fingerprint density at radius 3 is 2.69 bits per heavy atom. The number of rotatable bonds is 8. The van der Waals surface area contributed by atoms with Crippen molar-refractivity contribution in [2.24, 2.45) is 12.8 Å². The molecule has 0 spiro atoms. The fourth-order valence-electron chi connectivity index (χ4n) is 4.21. The zero-order chi connectivity index (χ0) is 25.7. The van der Waals surface area contributed by atoms with Gasteiger partial charge in [-0.3, -0.25) is 24.2 Å². The molecule has 4 heterocycles. The Labute approximate surface area is 211 Å². The van der Waals surface area contributed by atoms with Crippen molar-refractivity contribution < 1.29 is 19.2 Å². The van der Waals surface area contributed by atoms with Gasteiger partial charge in [0.2, 0.25) is 11.8 Å². The lowest BCUT2D eigenvalue weighted by Crippen LogP contribution is -2.60. The van der Waals surface area contributed by atoms with Gasteiger partial charge in [0.1, 0.15) is 23.5 Å². The number of nitrogens with one attached hydrogen (secondary N) is 2. The molecule has 0 aliphatic carbocycles. The van der Waals surface area contributed by atoms with E-state index in [4.69, 9.17) is 5.73 Å². The Balaban J connectivity index is 1.53. The smallest absolute Gasteiger partial charge is 0.271 e. The first-order valence-electron chi connectivity index (χ1n) is 11.4. The lowest BCUT2D eigenvalue weighted by molar-refractivity contribution is -0.131. The highest BCUT2D eigenvalue weighted by atomic mass is 32.1. The highest BCUT2D eigenvalue weighted by Crippen LogP contribution is 2.22. The van der Waals surface area contributed by atoms with Crippen molar-refractivity contribution in [1.82, 2.24) is 30.1 Å². The molecule has 1 fully saturated rings. The number of amides is 4. The number of nitrogens with zero attached hydrogens (tertiary/aromatic N) is 4. The summed E-state index contributed by atoms with van der Waals surface area (Å²) >= 11 is 1.46. The van der Waals surface area contributed by atoms with Crippen LogP contribution in [0.1, 0.15) is 38.7 Å². The van der Waals surface area contributed by atoms with Gasteiger partial charge in [0.05, 0.1) is 6.20 Å². The molecule has 11 nitrogen and oxygen atoms in total. The SMILES string of the molecule is Cn1cccc1C(=O)N1CCC(NC(=O)c2cnccn2)CC1C(=O)NC(Cc1cccs1)C(N)=O. The summed E-state index contributed by atoms with van der Waals surface area (Å²) in [5.41, 5.74) is 6.17. The van der Waals surface area contributed by atoms with E-state index in [-0.39, 0.29) is 31.0 Å². The van der Waals surface area contributed by atoms with Crippen LogP contribution in [0.2, 0.25) is 0 Å². The van der Waals surface area contributed by atoms with Gasteiger partial charge in [-0.25, -0.2) is 4.98 Å². The van der Waals surface area contributed by atoms with Crippen LogP contribution in [0.3, 0.4) is 0 Å². The predicted molar refractivity (Wildman–Crippen MR) is 132 cm³/mol. The molecule has 12 heteroatoms. The van der Waals surface area contributed by atoms with E-state index in [1.54, 1.807) is 29.9 Å². The molecule has 4 rings (SSSR count). The maximum atomic E-state index is 13.5. The van der Waals surface area contributed by atoms with Gasteiger partial charge in [0.15, 0.2) is 0 Å². The van der Waals surface area contributed by atoms with Gasteiger partial charge in [-0.05, 0) is 36.4 Å². The van der Waals surface area contributed by atoms with Crippen LogP contribution in [0.15, 0.2) is 54.4 Å². The first-order chi connectivity index (χ1) is 17.3. The Hall–Kier alpha value is -4.06. The molecule has 36 heavy (non-hydrogen) atoms. The van der Waals surface area contributed by atoms with E-state index in [1.165, 1.54) is 34.8 Å². The largest absolute Gasteiger partial charge is 0.368 e. The molecule has 4 amide bonds. The van der Waals surface area contributed by atoms with Crippen molar-refractivity contribution in [2.45, 2.75) is 37.4 Å². The summed E-state index contributed by atoms with van der Waals surface area (Å²) in [5, 5.41) is 7.49. The van der Waals surface area contributed by atoms with Gasteiger partial charge in [0.25, 0.3) is 11.8 Å². The molecule has 1 saturated heterocycles. The van der Waals surface area contributed by atoms with Crippen molar-refractivity contribution in [1.29, 1.82) is 0 Å². The monoisotopic (exact) mass is 509 g/mol. The summed E-state index contributed by atoms with van der Waals surface area (Å²) in [4.78, 5) is 61.8. The van der Waals surface area contributed by atoms with E-state index in [2.05, 4.69) is 20.6 Å². The van der Waals surface area contributed by atoms with Crippen LogP contribution in [0.4, 0.5) is 0 Å². The summed E-state index contributed by atoms with van der Waals surface area (Å²) in [6, 6.07) is 4.90. The van der Waals surface area contributed by atoms with E-state index < -0.39 is 35.8 Å². The topological polar surface area (TPSA) is 152 Å². The second-order valence-electron chi connectivity index (χ2n) is 8.55. The quantitative estimate of drug-likeness (QED) is 0.402. The Morgan fingerprint density at radius 2 is 2.06 bits per heavy atom. The number of hydrogen-bond donors (Lipinski definition) is 3. The third-order valence-corrected chi connectivity index (χ3v) is 7.00. The third kappa shape index (κ3) is 5.77. The lowest BCUT2D eigenvalue weighted by Gasteiger charge is -2.39. The zero-order valence-electron chi connectivity index (χ0n) is 19.7. The van der Waals surface area contributed by atoms with Gasteiger partial charge in [-0.1, -0.05) is 6.07 Å². The number of piperidine rings is 1. The number of hydrogen-bond acceptors (Lipinski definition) is 7. The second kappa shape index (κ2) is 11.1. The Morgan fingerprint density at radius 1 is 1.22 bits per heavy atom. The van der Waals surface area contributed by atoms with E-state index in [9.17, 15) is 19.2 Å². The molecular weight excluding hydrogens is 482 g/mol. The summed E-state index contributed by atoms with van der Waals surface area (Å²) in [6.07, 6.45) is 6.86. The first kappa shape index (κ1) is 25.0. The van der Waals surface area contributed by atoms with E-state index in [0.29, 0.717) is 12.1 Å². The molecule has 3 unspecified atom stereocenters. The minimum atomic E-state index is -0.933. The molecule has 3 atom stereocenters.